The summed E-state index contributed by atoms with van der Waals surface area (Å²) < 4.78 is 12.3. The Morgan fingerprint density at radius 3 is 2.63 bits per heavy atom. The number of halogens is 1. The van der Waals surface area contributed by atoms with E-state index < -0.39 is 0 Å². The Bertz CT molecular complexity index is 1120. The molecule has 1 N–H and O–H groups in total. The summed E-state index contributed by atoms with van der Waals surface area (Å²) >= 11 is 2.21. The lowest BCUT2D eigenvalue weighted by molar-refractivity contribution is 0.102. The first-order chi connectivity index (χ1) is 13.1. The number of carbonyl (C=O) groups is 1. The molecule has 1 aromatic heterocycles. The Kier molecular flexibility index (Phi) is 4.81. The fraction of sp³-hybridized carbons (Fsp3) is 0.0476. The van der Waals surface area contributed by atoms with E-state index in [1.165, 1.54) is 0 Å². The average molecular weight is 470 g/mol. The average Bonchev–Trinajstić information content (AvgIpc) is 3.11. The molecule has 1 heterocycles. The van der Waals surface area contributed by atoms with Crippen LogP contribution in [0.4, 0.5) is 5.69 Å². The van der Waals surface area contributed by atoms with Crippen LogP contribution < -0.4 is 10.1 Å². The van der Waals surface area contributed by atoms with Gasteiger partial charge in [-0.3, -0.25) is 4.79 Å². The maximum atomic E-state index is 12.4. The zero-order valence-electron chi connectivity index (χ0n) is 14.4. The summed E-state index contributed by atoms with van der Waals surface area (Å²) in [6.07, 6.45) is 0. The first-order valence-corrected chi connectivity index (χ1v) is 9.33. The number of para-hydroxylation sites is 1. The molecule has 27 heavy (non-hydrogen) atoms. The quantitative estimate of drug-likeness (QED) is 0.408. The molecule has 0 unspecified atom stereocenters. The normalized spacial score (nSPS) is 10.7. The van der Waals surface area contributed by atoms with Crippen LogP contribution in [0.1, 0.15) is 10.4 Å². The lowest BCUT2D eigenvalue weighted by Crippen LogP contribution is -2.11. The molecule has 0 aliphatic rings. The van der Waals surface area contributed by atoms with Crippen molar-refractivity contribution in [3.05, 3.63) is 75.9 Å². The van der Waals surface area contributed by atoms with Gasteiger partial charge in [0.2, 0.25) is 5.89 Å². The molecule has 5 nitrogen and oxygen atoms in total. The van der Waals surface area contributed by atoms with Crippen LogP contribution in [0.3, 0.4) is 0 Å². The molecule has 1 amide bonds. The number of amides is 1. The van der Waals surface area contributed by atoms with Crippen molar-refractivity contribution in [2.75, 3.05) is 12.4 Å². The zero-order valence-corrected chi connectivity index (χ0v) is 16.6. The van der Waals surface area contributed by atoms with E-state index in [0.717, 1.165) is 9.13 Å². The molecule has 0 atom stereocenters. The number of nitrogens with zero attached hydrogens (tertiary/aromatic N) is 1. The second-order valence-corrected chi connectivity index (χ2v) is 7.11. The van der Waals surface area contributed by atoms with Gasteiger partial charge in [0.1, 0.15) is 11.3 Å². The number of nitrogens with one attached hydrogen (secondary N) is 1. The van der Waals surface area contributed by atoms with E-state index in [9.17, 15) is 4.79 Å². The summed E-state index contributed by atoms with van der Waals surface area (Å²) in [5, 5.41) is 2.89. The third kappa shape index (κ3) is 3.66. The predicted octanol–water partition coefficient (Wildman–Crippen LogP) is 5.36. The fourth-order valence-corrected chi connectivity index (χ4v) is 3.10. The molecule has 0 fully saturated rings. The van der Waals surface area contributed by atoms with Gasteiger partial charge in [0, 0.05) is 20.9 Å². The van der Waals surface area contributed by atoms with Gasteiger partial charge in [0.05, 0.1) is 12.7 Å². The molecule has 3 aromatic carbocycles. The number of hydrogen-bond acceptors (Lipinski definition) is 4. The number of methoxy groups -OCH3 is 1. The molecule has 0 saturated heterocycles. The van der Waals surface area contributed by atoms with Crippen LogP contribution >= 0.6 is 22.6 Å². The highest BCUT2D eigenvalue weighted by molar-refractivity contribution is 14.1. The van der Waals surface area contributed by atoms with Crippen molar-refractivity contribution in [3.8, 4) is 17.2 Å². The summed E-state index contributed by atoms with van der Waals surface area (Å²) in [7, 11) is 1.61. The monoisotopic (exact) mass is 470 g/mol. The highest BCUT2D eigenvalue weighted by atomic mass is 127. The van der Waals surface area contributed by atoms with E-state index in [4.69, 9.17) is 9.15 Å². The standard InChI is InChI=1S/C21H15IN2O3/c1-26-18-5-3-2-4-16(18)21-24-17-11-10-15(12-19(17)27-21)23-20(25)13-6-8-14(22)9-7-13/h2-12H,1H3,(H,23,25). The Morgan fingerprint density at radius 2 is 1.85 bits per heavy atom. The number of fused-ring (bicyclic) bond motifs is 1. The lowest BCUT2D eigenvalue weighted by Gasteiger charge is -2.05. The van der Waals surface area contributed by atoms with Crippen molar-refractivity contribution < 1.29 is 13.9 Å². The maximum absolute atomic E-state index is 12.4. The van der Waals surface area contributed by atoms with Crippen LogP contribution in [-0.4, -0.2) is 18.0 Å². The number of anilines is 1. The number of rotatable bonds is 4. The molecule has 134 valence electrons. The smallest absolute Gasteiger partial charge is 0.255 e. The van der Waals surface area contributed by atoms with Crippen molar-refractivity contribution in [1.82, 2.24) is 4.98 Å². The van der Waals surface area contributed by atoms with Gasteiger partial charge < -0.3 is 14.5 Å². The Morgan fingerprint density at radius 1 is 1.07 bits per heavy atom. The first-order valence-electron chi connectivity index (χ1n) is 8.25. The van der Waals surface area contributed by atoms with Gasteiger partial charge in [-0.1, -0.05) is 12.1 Å². The number of aromatic nitrogens is 1. The van der Waals surface area contributed by atoms with Gasteiger partial charge in [0.15, 0.2) is 5.58 Å². The van der Waals surface area contributed by atoms with Gasteiger partial charge in [-0.05, 0) is 71.1 Å². The summed E-state index contributed by atoms with van der Waals surface area (Å²) in [6.45, 7) is 0. The number of oxazole rings is 1. The third-order valence-electron chi connectivity index (χ3n) is 4.09. The van der Waals surface area contributed by atoms with Crippen LogP contribution in [0.25, 0.3) is 22.6 Å². The molecule has 0 spiro atoms. The van der Waals surface area contributed by atoms with E-state index in [1.807, 2.05) is 42.5 Å². The van der Waals surface area contributed by atoms with Crippen LogP contribution in [0, 0.1) is 3.57 Å². The lowest BCUT2D eigenvalue weighted by atomic mass is 10.2. The third-order valence-corrected chi connectivity index (χ3v) is 4.81. The van der Waals surface area contributed by atoms with E-state index in [0.29, 0.717) is 34.0 Å². The maximum Gasteiger partial charge on any atom is 0.255 e. The SMILES string of the molecule is COc1ccccc1-c1nc2ccc(NC(=O)c3ccc(I)cc3)cc2o1. The molecular weight excluding hydrogens is 455 g/mol. The highest BCUT2D eigenvalue weighted by Gasteiger charge is 2.14. The van der Waals surface area contributed by atoms with Crippen molar-refractivity contribution in [2.45, 2.75) is 0 Å². The predicted molar refractivity (Wildman–Crippen MR) is 113 cm³/mol. The van der Waals surface area contributed by atoms with Crippen molar-refractivity contribution in [2.24, 2.45) is 0 Å². The zero-order chi connectivity index (χ0) is 18.8. The van der Waals surface area contributed by atoms with Gasteiger partial charge in [-0.15, -0.1) is 0 Å². The van der Waals surface area contributed by atoms with Crippen molar-refractivity contribution >= 4 is 45.3 Å². The van der Waals surface area contributed by atoms with Crippen LogP contribution in [-0.2, 0) is 0 Å². The Labute approximate surface area is 169 Å². The van der Waals surface area contributed by atoms with E-state index >= 15 is 0 Å². The largest absolute Gasteiger partial charge is 0.496 e. The Hall–Kier alpha value is -2.87. The topological polar surface area (TPSA) is 64.4 Å². The van der Waals surface area contributed by atoms with Gasteiger partial charge in [0.25, 0.3) is 5.91 Å². The van der Waals surface area contributed by atoms with E-state index in [1.54, 1.807) is 31.4 Å². The molecule has 0 saturated carbocycles. The summed E-state index contributed by atoms with van der Waals surface area (Å²) in [4.78, 5) is 16.9. The Balaban J connectivity index is 1.63. The molecule has 0 bridgehead atoms. The summed E-state index contributed by atoms with van der Waals surface area (Å²) in [6, 6.07) is 20.3. The second-order valence-electron chi connectivity index (χ2n) is 5.86. The van der Waals surface area contributed by atoms with Crippen molar-refractivity contribution in [1.29, 1.82) is 0 Å². The molecule has 0 radical (unpaired) electrons. The molecule has 0 aliphatic heterocycles. The second kappa shape index (κ2) is 7.40. The van der Waals surface area contributed by atoms with E-state index in [-0.39, 0.29) is 5.91 Å². The molecule has 6 heteroatoms. The van der Waals surface area contributed by atoms with Crippen LogP contribution in [0.2, 0.25) is 0 Å². The van der Waals surface area contributed by atoms with Gasteiger partial charge in [-0.2, -0.15) is 0 Å². The minimum absolute atomic E-state index is 0.171. The van der Waals surface area contributed by atoms with Gasteiger partial charge >= 0.3 is 0 Å². The number of ether oxygens (including phenoxy) is 1. The first kappa shape index (κ1) is 17.5. The van der Waals surface area contributed by atoms with Crippen LogP contribution in [0.15, 0.2) is 71.1 Å². The highest BCUT2D eigenvalue weighted by Crippen LogP contribution is 2.32. The fourth-order valence-electron chi connectivity index (χ4n) is 2.74. The minimum atomic E-state index is -0.171. The molecule has 4 rings (SSSR count). The van der Waals surface area contributed by atoms with Gasteiger partial charge in [-0.25, -0.2) is 4.98 Å². The van der Waals surface area contributed by atoms with E-state index in [2.05, 4.69) is 32.9 Å². The molecular formula is C21H15IN2O3. The minimum Gasteiger partial charge on any atom is -0.496 e. The number of benzene rings is 3. The summed E-state index contributed by atoms with van der Waals surface area (Å²) in [5.74, 6) is 0.995. The van der Waals surface area contributed by atoms with Crippen LogP contribution in [0.5, 0.6) is 5.75 Å². The number of carbonyl (C=O) groups excluding carboxylic acids is 1. The summed E-state index contributed by atoms with van der Waals surface area (Å²) in [5.41, 5.74) is 3.33. The molecule has 0 aliphatic carbocycles. The number of hydrogen-bond donors (Lipinski definition) is 1. The van der Waals surface area contributed by atoms with Crippen molar-refractivity contribution in [3.63, 3.8) is 0 Å². The molecule has 4 aromatic rings.